The third kappa shape index (κ3) is 14.8. The summed E-state index contributed by atoms with van der Waals surface area (Å²) in [5, 5.41) is 0. The zero-order valence-corrected chi connectivity index (χ0v) is 28.3. The van der Waals surface area contributed by atoms with Crippen LogP contribution in [0.5, 0.6) is 28.7 Å². The van der Waals surface area contributed by atoms with E-state index in [1.807, 2.05) is 49.4 Å². The minimum absolute atomic E-state index is 0.0186. The predicted molar refractivity (Wildman–Crippen MR) is 184 cm³/mol. The minimum Gasteiger partial charge on any atom is -0.497 e. The Morgan fingerprint density at radius 3 is 1.32 bits per heavy atom. The Bertz CT molecular complexity index is 1490. The van der Waals surface area contributed by atoms with Gasteiger partial charge < -0.3 is 28.4 Å². The van der Waals surface area contributed by atoms with Crippen molar-refractivity contribution in [3.05, 3.63) is 126 Å². The molecule has 0 aliphatic heterocycles. The Morgan fingerprint density at radius 1 is 0.574 bits per heavy atom. The molecule has 0 amide bonds. The summed E-state index contributed by atoms with van der Waals surface area (Å²) in [6.07, 6.45) is 1.31. The summed E-state index contributed by atoms with van der Waals surface area (Å²) >= 11 is 0. The zero-order chi connectivity index (χ0) is 35.2. The standard InChI is InChI=1S/C11H12O3.C10H10O2.C9H12O2.C8H10O2/c1-3-13-8-14-11-6-4-10(5-7-11)9(2)12;1-7(11)9-3-5-10(6-4-9)8(2)12;1-7-6-8(10-2)4-5-9(7)11-3;1-9-7-5-3-4-6-8(7)10-2/h3-7H,1,8H2,2H3;3-6H,1-2H3;4-6H,1-3H3;3-6H,1-2H3. The van der Waals surface area contributed by atoms with Crippen molar-refractivity contribution in [3.8, 4) is 28.7 Å². The van der Waals surface area contributed by atoms with Gasteiger partial charge in [0.2, 0.25) is 6.79 Å². The van der Waals surface area contributed by atoms with Crippen LogP contribution in [0.3, 0.4) is 0 Å². The summed E-state index contributed by atoms with van der Waals surface area (Å²) in [5.74, 6) is 4.04. The van der Waals surface area contributed by atoms with E-state index in [0.29, 0.717) is 22.4 Å². The summed E-state index contributed by atoms with van der Waals surface area (Å²) in [7, 11) is 6.56. The van der Waals surface area contributed by atoms with Gasteiger partial charge in [0.05, 0.1) is 34.7 Å². The molecule has 4 aromatic carbocycles. The van der Waals surface area contributed by atoms with Gasteiger partial charge in [-0.1, -0.05) is 43.0 Å². The Morgan fingerprint density at radius 2 is 0.979 bits per heavy atom. The number of aryl methyl sites for hydroxylation is 1. The van der Waals surface area contributed by atoms with Crippen LogP contribution in [0.2, 0.25) is 0 Å². The molecule has 47 heavy (non-hydrogen) atoms. The molecule has 0 spiro atoms. The largest absolute Gasteiger partial charge is 0.497 e. The molecule has 0 heterocycles. The molecule has 0 fully saturated rings. The lowest BCUT2D eigenvalue weighted by molar-refractivity contribution is 0.0806. The number of rotatable bonds is 11. The maximum atomic E-state index is 10.9. The summed E-state index contributed by atoms with van der Waals surface area (Å²) in [6.45, 7) is 10.0. The van der Waals surface area contributed by atoms with Crippen LogP contribution in [-0.2, 0) is 4.74 Å². The molecule has 0 radical (unpaired) electrons. The van der Waals surface area contributed by atoms with Crippen molar-refractivity contribution in [2.45, 2.75) is 27.7 Å². The Labute approximate surface area is 277 Å². The Hall–Kier alpha value is -5.57. The molecule has 9 heteroatoms. The van der Waals surface area contributed by atoms with Gasteiger partial charge in [-0.3, -0.25) is 14.4 Å². The first kappa shape index (κ1) is 39.5. The number of ether oxygens (including phenoxy) is 6. The van der Waals surface area contributed by atoms with Crippen LogP contribution in [0.1, 0.15) is 57.4 Å². The Kier molecular flexibility index (Phi) is 18.5. The smallest absolute Gasteiger partial charge is 0.229 e. The number of ketones is 3. The first-order chi connectivity index (χ1) is 22.5. The molecule has 0 aromatic heterocycles. The SMILES string of the molecule is C=COCOc1ccc(C(C)=O)cc1.CC(=O)c1ccc(C(C)=O)cc1.COc1ccc(OC)c(C)c1.COc1ccccc1OC. The van der Waals surface area contributed by atoms with Gasteiger partial charge >= 0.3 is 0 Å². The van der Waals surface area contributed by atoms with Gasteiger partial charge in [0.1, 0.15) is 17.2 Å². The first-order valence-corrected chi connectivity index (χ1v) is 14.4. The van der Waals surface area contributed by atoms with Crippen LogP contribution in [0.15, 0.2) is 104 Å². The summed E-state index contributed by atoms with van der Waals surface area (Å²) in [6, 6.07) is 26.8. The molecule has 0 bridgehead atoms. The second-order valence-electron chi connectivity index (χ2n) is 9.56. The molecule has 4 rings (SSSR count). The number of para-hydroxylation sites is 2. The maximum absolute atomic E-state index is 10.9. The summed E-state index contributed by atoms with van der Waals surface area (Å²) < 4.78 is 30.1. The summed E-state index contributed by atoms with van der Waals surface area (Å²) in [4.78, 5) is 32.6. The lowest BCUT2D eigenvalue weighted by Gasteiger charge is -2.05. The maximum Gasteiger partial charge on any atom is 0.229 e. The van der Waals surface area contributed by atoms with Crippen molar-refractivity contribution in [3.63, 3.8) is 0 Å². The molecule has 9 nitrogen and oxygen atoms in total. The molecule has 0 saturated heterocycles. The highest BCUT2D eigenvalue weighted by molar-refractivity contribution is 5.97. The third-order valence-electron chi connectivity index (χ3n) is 6.26. The van der Waals surface area contributed by atoms with Gasteiger partial charge in [-0.25, -0.2) is 0 Å². The zero-order valence-electron chi connectivity index (χ0n) is 28.3. The van der Waals surface area contributed by atoms with Gasteiger partial charge in [0, 0.05) is 16.7 Å². The average Bonchev–Trinajstić information content (AvgIpc) is 3.09. The van der Waals surface area contributed by atoms with Crippen LogP contribution in [-0.4, -0.2) is 52.6 Å². The quantitative estimate of drug-likeness (QED) is 0.0691. The third-order valence-corrected chi connectivity index (χ3v) is 6.26. The molecular weight excluding hydrogens is 600 g/mol. The molecule has 0 saturated carbocycles. The van der Waals surface area contributed by atoms with E-state index in [2.05, 4.69) is 6.58 Å². The first-order valence-electron chi connectivity index (χ1n) is 14.4. The number of hydrogen-bond donors (Lipinski definition) is 0. The van der Waals surface area contributed by atoms with E-state index in [-0.39, 0.29) is 24.1 Å². The van der Waals surface area contributed by atoms with E-state index in [9.17, 15) is 14.4 Å². The second-order valence-corrected chi connectivity index (χ2v) is 9.56. The van der Waals surface area contributed by atoms with E-state index in [0.717, 1.165) is 28.6 Å². The number of benzene rings is 4. The van der Waals surface area contributed by atoms with Crippen molar-refractivity contribution >= 4 is 17.3 Å². The monoisotopic (exact) mass is 644 g/mol. The summed E-state index contributed by atoms with van der Waals surface area (Å²) in [5.41, 5.74) is 3.04. The van der Waals surface area contributed by atoms with Crippen LogP contribution >= 0.6 is 0 Å². The number of hydrogen-bond acceptors (Lipinski definition) is 9. The molecule has 0 N–H and O–H groups in total. The highest BCUT2D eigenvalue weighted by atomic mass is 16.7. The number of methoxy groups -OCH3 is 4. The highest BCUT2D eigenvalue weighted by Gasteiger charge is 2.02. The van der Waals surface area contributed by atoms with Gasteiger partial charge in [0.15, 0.2) is 28.8 Å². The molecule has 0 aliphatic carbocycles. The average molecular weight is 645 g/mol. The van der Waals surface area contributed by atoms with E-state index >= 15 is 0 Å². The normalized spacial score (nSPS) is 9.28. The minimum atomic E-state index is 0.0186. The predicted octanol–water partition coefficient (Wildman–Crippen LogP) is 8.19. The molecule has 4 aromatic rings. The Balaban J connectivity index is 0.000000316. The number of carbonyl (C=O) groups excluding carboxylic acids is 3. The van der Waals surface area contributed by atoms with Gasteiger partial charge in [0.25, 0.3) is 0 Å². The molecule has 0 atom stereocenters. The van der Waals surface area contributed by atoms with Crippen LogP contribution in [0.4, 0.5) is 0 Å². The van der Waals surface area contributed by atoms with Gasteiger partial charge in [-0.05, 0) is 87.9 Å². The van der Waals surface area contributed by atoms with Crippen molar-refractivity contribution in [1.82, 2.24) is 0 Å². The molecule has 0 unspecified atom stereocenters. The second kappa shape index (κ2) is 22.0. The van der Waals surface area contributed by atoms with E-state index in [1.54, 1.807) is 77.0 Å². The van der Waals surface area contributed by atoms with Crippen molar-refractivity contribution in [2.24, 2.45) is 0 Å². The lowest BCUT2D eigenvalue weighted by atomic mass is 10.1. The van der Waals surface area contributed by atoms with E-state index < -0.39 is 0 Å². The van der Waals surface area contributed by atoms with Gasteiger partial charge in [-0.2, -0.15) is 0 Å². The molecule has 0 aliphatic rings. The van der Waals surface area contributed by atoms with Crippen molar-refractivity contribution < 1.29 is 42.8 Å². The molecular formula is C38H44O9. The fraction of sp³-hybridized carbons (Fsp3) is 0.237. The topological polar surface area (TPSA) is 107 Å². The number of Topliss-reactive ketones (excluding diaryl/α,β-unsaturated/α-hetero) is 3. The van der Waals surface area contributed by atoms with Crippen LogP contribution in [0.25, 0.3) is 0 Å². The van der Waals surface area contributed by atoms with Crippen LogP contribution in [0, 0.1) is 6.92 Å². The highest BCUT2D eigenvalue weighted by Crippen LogP contribution is 2.24. The fourth-order valence-electron chi connectivity index (χ4n) is 3.64. The number of carbonyl (C=O) groups is 3. The van der Waals surface area contributed by atoms with E-state index in [1.165, 1.54) is 27.0 Å². The lowest BCUT2D eigenvalue weighted by Crippen LogP contribution is -1.98. The van der Waals surface area contributed by atoms with Gasteiger partial charge in [-0.15, -0.1) is 0 Å². The molecule has 250 valence electrons. The van der Waals surface area contributed by atoms with Crippen molar-refractivity contribution in [1.29, 1.82) is 0 Å². The van der Waals surface area contributed by atoms with Crippen molar-refractivity contribution in [2.75, 3.05) is 35.2 Å². The van der Waals surface area contributed by atoms with E-state index in [4.69, 9.17) is 28.4 Å². The fourth-order valence-corrected chi connectivity index (χ4v) is 3.64. The van der Waals surface area contributed by atoms with Crippen LogP contribution < -0.4 is 23.7 Å².